The van der Waals surface area contributed by atoms with E-state index >= 15 is 0 Å². The molecule has 142 valence electrons. The predicted octanol–water partition coefficient (Wildman–Crippen LogP) is 1.66. The van der Waals surface area contributed by atoms with Crippen molar-refractivity contribution in [2.75, 3.05) is 19.6 Å². The van der Waals surface area contributed by atoms with Gasteiger partial charge in [0.1, 0.15) is 0 Å². The molecule has 3 heterocycles. The monoisotopic (exact) mass is 387 g/mol. The first-order chi connectivity index (χ1) is 12.6. The number of fused-ring (bicyclic) bond motifs is 1. The van der Waals surface area contributed by atoms with E-state index in [1.165, 1.54) is 0 Å². The Hall–Kier alpha value is -2.48. The third-order valence-electron chi connectivity index (χ3n) is 4.74. The van der Waals surface area contributed by atoms with Crippen LogP contribution in [0.1, 0.15) is 23.2 Å². The van der Waals surface area contributed by atoms with Gasteiger partial charge in [0.2, 0.25) is 0 Å². The second-order valence-electron chi connectivity index (χ2n) is 6.71. The number of piperidine rings is 1. The standard InChI is InChI=1S/C19H21N5O2.ClH/c25-18(22-13-19(26)6-2-7-20-12-19)15-5-1-4-14(10-15)16-11-23-24-9-3-8-21-17(16)24;/h1,3-5,8-11,20,26H,2,6-7,12-13H2,(H,22,25);1H. The molecule has 0 spiro atoms. The van der Waals surface area contributed by atoms with Crippen LogP contribution in [0.4, 0.5) is 0 Å². The summed E-state index contributed by atoms with van der Waals surface area (Å²) in [6.45, 7) is 1.65. The van der Waals surface area contributed by atoms with Crippen molar-refractivity contribution < 1.29 is 9.90 Å². The van der Waals surface area contributed by atoms with E-state index in [9.17, 15) is 9.90 Å². The van der Waals surface area contributed by atoms with Crippen LogP contribution in [-0.4, -0.2) is 50.8 Å². The molecule has 0 saturated carbocycles. The summed E-state index contributed by atoms with van der Waals surface area (Å²) < 4.78 is 1.70. The molecular weight excluding hydrogens is 366 g/mol. The second-order valence-corrected chi connectivity index (χ2v) is 6.71. The van der Waals surface area contributed by atoms with E-state index in [2.05, 4.69) is 20.7 Å². The molecule has 3 N–H and O–H groups in total. The third-order valence-corrected chi connectivity index (χ3v) is 4.74. The summed E-state index contributed by atoms with van der Waals surface area (Å²) in [5, 5.41) is 20.8. The average Bonchev–Trinajstić information content (AvgIpc) is 3.11. The minimum atomic E-state index is -0.877. The van der Waals surface area contributed by atoms with Crippen molar-refractivity contribution >= 4 is 24.0 Å². The highest BCUT2D eigenvalue weighted by Crippen LogP contribution is 2.24. The van der Waals surface area contributed by atoms with E-state index in [0.717, 1.165) is 29.7 Å². The predicted molar refractivity (Wildman–Crippen MR) is 105 cm³/mol. The van der Waals surface area contributed by atoms with Crippen molar-refractivity contribution in [3.05, 3.63) is 54.5 Å². The normalized spacial score (nSPS) is 19.4. The van der Waals surface area contributed by atoms with E-state index < -0.39 is 5.60 Å². The number of carbonyl (C=O) groups excluding carboxylic acids is 1. The molecule has 0 bridgehead atoms. The van der Waals surface area contributed by atoms with E-state index in [1.807, 2.05) is 30.5 Å². The number of carbonyl (C=O) groups is 1. The molecule has 7 nitrogen and oxygen atoms in total. The molecule has 2 aromatic heterocycles. The number of nitrogens with zero attached hydrogens (tertiary/aromatic N) is 3. The summed E-state index contributed by atoms with van der Waals surface area (Å²) in [4.78, 5) is 16.9. The van der Waals surface area contributed by atoms with Crippen LogP contribution in [0.2, 0.25) is 0 Å². The Labute approximate surface area is 163 Å². The van der Waals surface area contributed by atoms with Gasteiger partial charge in [0.25, 0.3) is 5.91 Å². The Morgan fingerprint density at radius 2 is 2.26 bits per heavy atom. The maximum Gasteiger partial charge on any atom is 0.251 e. The van der Waals surface area contributed by atoms with Crippen LogP contribution in [0.5, 0.6) is 0 Å². The molecule has 1 aromatic carbocycles. The van der Waals surface area contributed by atoms with Gasteiger partial charge in [-0.2, -0.15) is 5.10 Å². The van der Waals surface area contributed by atoms with Gasteiger partial charge in [-0.3, -0.25) is 4.79 Å². The maximum atomic E-state index is 12.5. The highest BCUT2D eigenvalue weighted by molar-refractivity contribution is 5.96. The number of rotatable bonds is 4. The molecule has 1 aliphatic heterocycles. The van der Waals surface area contributed by atoms with Crippen LogP contribution in [0, 0.1) is 0 Å². The number of aliphatic hydroxyl groups is 1. The Morgan fingerprint density at radius 1 is 1.37 bits per heavy atom. The Kier molecular flexibility index (Phi) is 5.74. The van der Waals surface area contributed by atoms with Gasteiger partial charge in [-0.15, -0.1) is 12.4 Å². The topological polar surface area (TPSA) is 91.5 Å². The van der Waals surface area contributed by atoms with Gasteiger partial charge in [-0.05, 0) is 43.1 Å². The summed E-state index contributed by atoms with van der Waals surface area (Å²) >= 11 is 0. The van der Waals surface area contributed by atoms with Crippen molar-refractivity contribution in [1.29, 1.82) is 0 Å². The van der Waals surface area contributed by atoms with Crippen molar-refractivity contribution in [1.82, 2.24) is 25.2 Å². The lowest BCUT2D eigenvalue weighted by atomic mass is 9.94. The first-order valence-electron chi connectivity index (χ1n) is 8.75. The number of hydrogen-bond acceptors (Lipinski definition) is 5. The van der Waals surface area contributed by atoms with Gasteiger partial charge >= 0.3 is 0 Å². The fraction of sp³-hybridized carbons (Fsp3) is 0.316. The zero-order valence-electron chi connectivity index (χ0n) is 14.8. The fourth-order valence-electron chi connectivity index (χ4n) is 3.31. The van der Waals surface area contributed by atoms with Gasteiger partial charge in [0.15, 0.2) is 5.65 Å². The second kappa shape index (κ2) is 8.04. The summed E-state index contributed by atoms with van der Waals surface area (Å²) in [7, 11) is 0. The Balaban J connectivity index is 0.00000210. The molecule has 1 amide bonds. The van der Waals surface area contributed by atoms with E-state index in [-0.39, 0.29) is 24.9 Å². The quantitative estimate of drug-likeness (QED) is 0.633. The molecular formula is C19H22ClN5O2. The first kappa shape index (κ1) is 19.3. The number of β-amino-alcohol motifs (C(OH)–C–C–N with tert-alkyl or cyclic N) is 1. The summed E-state index contributed by atoms with van der Waals surface area (Å²) in [5.41, 5.74) is 2.16. The van der Waals surface area contributed by atoms with E-state index in [4.69, 9.17) is 0 Å². The first-order valence-corrected chi connectivity index (χ1v) is 8.75. The molecule has 8 heteroatoms. The Morgan fingerprint density at radius 3 is 3.07 bits per heavy atom. The van der Waals surface area contributed by atoms with Crippen LogP contribution in [0.3, 0.4) is 0 Å². The molecule has 3 aromatic rings. The van der Waals surface area contributed by atoms with Crippen LogP contribution < -0.4 is 10.6 Å². The lowest BCUT2D eigenvalue weighted by Gasteiger charge is -2.32. The average molecular weight is 388 g/mol. The van der Waals surface area contributed by atoms with Crippen LogP contribution >= 0.6 is 12.4 Å². The molecule has 1 aliphatic rings. The highest BCUT2D eigenvalue weighted by Gasteiger charge is 2.29. The molecule has 1 saturated heterocycles. The van der Waals surface area contributed by atoms with Crippen LogP contribution in [0.25, 0.3) is 16.8 Å². The smallest absolute Gasteiger partial charge is 0.251 e. The SMILES string of the molecule is Cl.O=C(NCC1(O)CCCNC1)c1cccc(-c2cnn3cccnc23)c1. The highest BCUT2D eigenvalue weighted by atomic mass is 35.5. The summed E-state index contributed by atoms with van der Waals surface area (Å²) in [6.07, 6.45) is 6.89. The number of aromatic nitrogens is 3. The molecule has 4 rings (SSSR count). The molecule has 1 fully saturated rings. The summed E-state index contributed by atoms with van der Waals surface area (Å²) in [6, 6.07) is 9.18. The van der Waals surface area contributed by atoms with E-state index in [1.54, 1.807) is 23.0 Å². The number of benzene rings is 1. The van der Waals surface area contributed by atoms with Crippen molar-refractivity contribution in [3.63, 3.8) is 0 Å². The van der Waals surface area contributed by atoms with Crippen molar-refractivity contribution in [2.45, 2.75) is 18.4 Å². The van der Waals surface area contributed by atoms with Gasteiger partial charge in [0.05, 0.1) is 11.8 Å². The van der Waals surface area contributed by atoms with Gasteiger partial charge in [-0.1, -0.05) is 12.1 Å². The van der Waals surface area contributed by atoms with Gasteiger partial charge in [0, 0.05) is 36.6 Å². The lowest BCUT2D eigenvalue weighted by Crippen LogP contribution is -2.52. The molecule has 0 radical (unpaired) electrons. The van der Waals surface area contributed by atoms with Crippen molar-refractivity contribution in [2.24, 2.45) is 0 Å². The molecule has 1 atom stereocenters. The zero-order valence-corrected chi connectivity index (χ0v) is 15.6. The largest absolute Gasteiger partial charge is 0.387 e. The molecule has 1 unspecified atom stereocenters. The number of halogens is 1. The van der Waals surface area contributed by atoms with Crippen molar-refractivity contribution in [3.8, 4) is 11.1 Å². The molecule has 0 aliphatic carbocycles. The van der Waals surface area contributed by atoms with Crippen LogP contribution in [-0.2, 0) is 0 Å². The number of amides is 1. The minimum absolute atomic E-state index is 0. The Bertz CT molecular complexity index is 937. The van der Waals surface area contributed by atoms with E-state index in [0.29, 0.717) is 18.5 Å². The minimum Gasteiger partial charge on any atom is -0.387 e. The lowest BCUT2D eigenvalue weighted by molar-refractivity contribution is 0.0170. The number of nitrogens with one attached hydrogen (secondary N) is 2. The number of hydrogen-bond donors (Lipinski definition) is 3. The van der Waals surface area contributed by atoms with Gasteiger partial charge in [-0.25, -0.2) is 9.50 Å². The maximum absolute atomic E-state index is 12.5. The van der Waals surface area contributed by atoms with Crippen LogP contribution in [0.15, 0.2) is 48.9 Å². The zero-order chi connectivity index (χ0) is 18.0. The summed E-state index contributed by atoms with van der Waals surface area (Å²) in [5.74, 6) is -0.199. The fourth-order valence-corrected chi connectivity index (χ4v) is 3.31. The molecule has 27 heavy (non-hydrogen) atoms. The third kappa shape index (κ3) is 4.10. The van der Waals surface area contributed by atoms with Gasteiger partial charge < -0.3 is 15.7 Å².